The van der Waals surface area contributed by atoms with Gasteiger partial charge < -0.3 is 25.2 Å². The molecule has 0 heterocycles. The second-order valence-corrected chi connectivity index (χ2v) is 7.44. The molecule has 1 aliphatic rings. The molecule has 0 saturated heterocycles. The van der Waals surface area contributed by atoms with Crippen LogP contribution in [0.5, 0.6) is 11.5 Å². The van der Waals surface area contributed by atoms with Crippen LogP contribution in [0.3, 0.4) is 0 Å². The normalized spacial score (nSPS) is 15.6. The van der Waals surface area contributed by atoms with Crippen LogP contribution in [-0.2, 0) is 11.3 Å². The number of ether oxygens (including phenoxy) is 2. The molecule has 7 heteroatoms. The summed E-state index contributed by atoms with van der Waals surface area (Å²) >= 11 is 0. The Kier molecular flexibility index (Phi) is 12.4. The van der Waals surface area contributed by atoms with Crippen molar-refractivity contribution in [1.82, 2.24) is 10.6 Å². The Balaban J connectivity index is 0.00000420. The minimum atomic E-state index is 0. The van der Waals surface area contributed by atoms with Crippen molar-refractivity contribution >= 4 is 29.9 Å². The molecule has 2 rings (SSSR count). The van der Waals surface area contributed by atoms with Gasteiger partial charge in [-0.25, -0.2) is 4.99 Å². The SMILES string of the molecule is CCNC(=NCc1ccc(O)c(OCC)c1)NCC1(CCOCC)CCCC1.I. The van der Waals surface area contributed by atoms with E-state index in [0.717, 1.165) is 44.2 Å². The van der Waals surface area contributed by atoms with Crippen LogP contribution < -0.4 is 15.4 Å². The van der Waals surface area contributed by atoms with E-state index < -0.39 is 0 Å². The molecular formula is C22H38IN3O3. The van der Waals surface area contributed by atoms with Crippen molar-refractivity contribution in [2.45, 2.75) is 59.4 Å². The molecule has 0 aromatic heterocycles. The second-order valence-electron chi connectivity index (χ2n) is 7.44. The number of halogens is 1. The summed E-state index contributed by atoms with van der Waals surface area (Å²) in [5.74, 6) is 1.50. The zero-order chi connectivity index (χ0) is 20.2. The van der Waals surface area contributed by atoms with Crippen molar-refractivity contribution in [1.29, 1.82) is 0 Å². The van der Waals surface area contributed by atoms with Gasteiger partial charge in [0.25, 0.3) is 0 Å². The first-order valence-electron chi connectivity index (χ1n) is 10.7. The molecule has 1 fully saturated rings. The predicted octanol–water partition coefficient (Wildman–Crippen LogP) is 4.45. The van der Waals surface area contributed by atoms with E-state index in [0.29, 0.717) is 24.3 Å². The van der Waals surface area contributed by atoms with Crippen molar-refractivity contribution in [3.05, 3.63) is 23.8 Å². The number of phenolic OH excluding ortho intramolecular Hbond substituents is 1. The van der Waals surface area contributed by atoms with Gasteiger partial charge in [0, 0.05) is 26.3 Å². The van der Waals surface area contributed by atoms with Gasteiger partial charge in [-0.05, 0) is 63.1 Å². The fourth-order valence-corrected chi connectivity index (χ4v) is 3.78. The number of rotatable bonds is 11. The second kappa shape index (κ2) is 13.9. The highest BCUT2D eigenvalue weighted by Gasteiger charge is 2.33. The highest BCUT2D eigenvalue weighted by Crippen LogP contribution is 2.40. The van der Waals surface area contributed by atoms with Gasteiger partial charge in [0.1, 0.15) is 0 Å². The average molecular weight is 519 g/mol. The van der Waals surface area contributed by atoms with Crippen LogP contribution in [0.15, 0.2) is 23.2 Å². The van der Waals surface area contributed by atoms with Crippen molar-refractivity contribution < 1.29 is 14.6 Å². The third-order valence-corrected chi connectivity index (χ3v) is 5.36. The number of aromatic hydroxyl groups is 1. The number of phenols is 1. The summed E-state index contributed by atoms with van der Waals surface area (Å²) in [5.41, 5.74) is 1.32. The third-order valence-electron chi connectivity index (χ3n) is 5.36. The number of hydrogen-bond acceptors (Lipinski definition) is 4. The Morgan fingerprint density at radius 2 is 1.90 bits per heavy atom. The van der Waals surface area contributed by atoms with Gasteiger partial charge >= 0.3 is 0 Å². The standard InChI is InChI=1S/C22H37N3O3.HI/c1-4-23-21(24-16-18-9-10-19(26)20(15-18)28-6-3)25-17-22(11-7-8-12-22)13-14-27-5-2;/h9-10,15,26H,4-8,11-14,16-17H2,1-3H3,(H2,23,24,25);1H. The maximum Gasteiger partial charge on any atom is 0.191 e. The van der Waals surface area contributed by atoms with Gasteiger partial charge in [0.2, 0.25) is 0 Å². The predicted molar refractivity (Wildman–Crippen MR) is 130 cm³/mol. The summed E-state index contributed by atoms with van der Waals surface area (Å²) in [4.78, 5) is 4.73. The summed E-state index contributed by atoms with van der Waals surface area (Å²) < 4.78 is 11.1. The fourth-order valence-electron chi connectivity index (χ4n) is 3.78. The van der Waals surface area contributed by atoms with Crippen molar-refractivity contribution in [3.8, 4) is 11.5 Å². The summed E-state index contributed by atoms with van der Waals surface area (Å²) in [7, 11) is 0. The van der Waals surface area contributed by atoms with Crippen LogP contribution in [0.25, 0.3) is 0 Å². The average Bonchev–Trinajstić information content (AvgIpc) is 3.16. The molecule has 1 saturated carbocycles. The number of nitrogens with one attached hydrogen (secondary N) is 2. The van der Waals surface area contributed by atoms with Crippen molar-refractivity contribution in [2.24, 2.45) is 10.4 Å². The maximum absolute atomic E-state index is 9.85. The molecule has 6 nitrogen and oxygen atoms in total. The van der Waals surface area contributed by atoms with E-state index in [1.807, 2.05) is 19.1 Å². The molecule has 0 aliphatic heterocycles. The van der Waals surface area contributed by atoms with E-state index in [1.165, 1.54) is 25.7 Å². The smallest absolute Gasteiger partial charge is 0.191 e. The lowest BCUT2D eigenvalue weighted by Crippen LogP contribution is -2.43. The highest BCUT2D eigenvalue weighted by molar-refractivity contribution is 14.0. The van der Waals surface area contributed by atoms with E-state index in [2.05, 4.69) is 24.5 Å². The topological polar surface area (TPSA) is 75.1 Å². The van der Waals surface area contributed by atoms with Crippen LogP contribution in [0.1, 0.15) is 58.4 Å². The Labute approximate surface area is 192 Å². The van der Waals surface area contributed by atoms with E-state index in [-0.39, 0.29) is 29.7 Å². The molecule has 29 heavy (non-hydrogen) atoms. The lowest BCUT2D eigenvalue weighted by Gasteiger charge is -2.30. The minimum absolute atomic E-state index is 0. The Morgan fingerprint density at radius 1 is 1.14 bits per heavy atom. The molecule has 1 aromatic carbocycles. The zero-order valence-electron chi connectivity index (χ0n) is 18.1. The van der Waals surface area contributed by atoms with Crippen LogP contribution >= 0.6 is 24.0 Å². The van der Waals surface area contributed by atoms with Crippen LogP contribution in [0.4, 0.5) is 0 Å². The molecule has 166 valence electrons. The van der Waals surface area contributed by atoms with Crippen LogP contribution in [-0.4, -0.2) is 44.0 Å². The summed E-state index contributed by atoms with van der Waals surface area (Å²) in [5, 5.41) is 16.7. The molecular weight excluding hydrogens is 481 g/mol. The first kappa shape index (κ1) is 25.8. The van der Waals surface area contributed by atoms with Crippen molar-refractivity contribution in [2.75, 3.05) is 32.9 Å². The van der Waals surface area contributed by atoms with Crippen LogP contribution in [0, 0.1) is 5.41 Å². The van der Waals surface area contributed by atoms with E-state index in [4.69, 9.17) is 14.5 Å². The Bertz CT molecular complexity index is 619. The van der Waals surface area contributed by atoms with Gasteiger partial charge in [-0.3, -0.25) is 0 Å². The van der Waals surface area contributed by atoms with Gasteiger partial charge in [0.15, 0.2) is 17.5 Å². The third kappa shape index (κ3) is 8.58. The van der Waals surface area contributed by atoms with Gasteiger partial charge in [-0.2, -0.15) is 0 Å². The van der Waals surface area contributed by atoms with Crippen LogP contribution in [0.2, 0.25) is 0 Å². The first-order chi connectivity index (χ1) is 13.6. The van der Waals surface area contributed by atoms with E-state index >= 15 is 0 Å². The summed E-state index contributed by atoms with van der Waals surface area (Å²) in [6.45, 7) is 10.4. The molecule has 0 bridgehead atoms. The van der Waals surface area contributed by atoms with E-state index in [9.17, 15) is 5.11 Å². The molecule has 3 N–H and O–H groups in total. The highest BCUT2D eigenvalue weighted by atomic mass is 127. The minimum Gasteiger partial charge on any atom is -0.504 e. The maximum atomic E-state index is 9.85. The first-order valence-corrected chi connectivity index (χ1v) is 10.7. The lowest BCUT2D eigenvalue weighted by molar-refractivity contribution is 0.105. The number of nitrogens with zero attached hydrogens (tertiary/aromatic N) is 1. The zero-order valence-corrected chi connectivity index (χ0v) is 20.5. The lowest BCUT2D eigenvalue weighted by atomic mass is 9.83. The van der Waals surface area contributed by atoms with Gasteiger partial charge in [-0.15, -0.1) is 24.0 Å². The van der Waals surface area contributed by atoms with E-state index in [1.54, 1.807) is 6.07 Å². The largest absolute Gasteiger partial charge is 0.504 e. The summed E-state index contributed by atoms with van der Waals surface area (Å²) in [6.07, 6.45) is 6.21. The molecule has 0 unspecified atom stereocenters. The number of guanidine groups is 1. The molecule has 1 aliphatic carbocycles. The summed E-state index contributed by atoms with van der Waals surface area (Å²) in [6, 6.07) is 5.40. The quantitative estimate of drug-likeness (QED) is 0.174. The Hall–Kier alpha value is -1.22. The van der Waals surface area contributed by atoms with Gasteiger partial charge in [-0.1, -0.05) is 18.9 Å². The van der Waals surface area contributed by atoms with Crippen molar-refractivity contribution in [3.63, 3.8) is 0 Å². The Morgan fingerprint density at radius 3 is 2.55 bits per heavy atom. The molecule has 0 atom stereocenters. The number of hydrogen-bond donors (Lipinski definition) is 3. The molecule has 1 aromatic rings. The molecule has 0 spiro atoms. The molecule has 0 amide bonds. The molecule has 0 radical (unpaired) electrons. The number of benzene rings is 1. The monoisotopic (exact) mass is 519 g/mol. The fraction of sp³-hybridized carbons (Fsp3) is 0.682. The van der Waals surface area contributed by atoms with Gasteiger partial charge in [0.05, 0.1) is 13.2 Å². The number of aliphatic imine (C=N–C) groups is 1.